The van der Waals surface area contributed by atoms with E-state index in [1.54, 1.807) is 25.3 Å². The Labute approximate surface area is 114 Å². The van der Waals surface area contributed by atoms with Crippen molar-refractivity contribution in [3.8, 4) is 5.75 Å². The zero-order chi connectivity index (χ0) is 14.0. The standard InChI is InChI=1S/C15H22N2O2/c1-10-5-4-6-11(2)17(10)15(18)13-9-12(19-3)7-8-14(13)16/h7-11H,4-6,16H2,1-3H3. The Bertz CT molecular complexity index is 463. The van der Waals surface area contributed by atoms with Crippen LogP contribution in [-0.2, 0) is 0 Å². The van der Waals surface area contributed by atoms with E-state index in [4.69, 9.17) is 10.5 Å². The van der Waals surface area contributed by atoms with Crippen molar-refractivity contribution >= 4 is 11.6 Å². The smallest absolute Gasteiger partial charge is 0.256 e. The highest BCUT2D eigenvalue weighted by Gasteiger charge is 2.30. The van der Waals surface area contributed by atoms with Crippen LogP contribution in [0.25, 0.3) is 0 Å². The number of hydrogen-bond acceptors (Lipinski definition) is 3. The third kappa shape index (κ3) is 2.67. The number of carbonyl (C=O) groups is 1. The molecule has 1 heterocycles. The molecule has 4 nitrogen and oxygen atoms in total. The molecule has 2 unspecified atom stereocenters. The molecule has 0 aliphatic carbocycles. The van der Waals surface area contributed by atoms with E-state index in [1.165, 1.54) is 6.42 Å². The zero-order valence-corrected chi connectivity index (χ0v) is 11.8. The summed E-state index contributed by atoms with van der Waals surface area (Å²) in [5, 5.41) is 0. The van der Waals surface area contributed by atoms with Crippen LogP contribution in [0.3, 0.4) is 0 Å². The maximum Gasteiger partial charge on any atom is 0.256 e. The van der Waals surface area contributed by atoms with E-state index in [1.807, 2.05) is 4.90 Å². The average molecular weight is 262 g/mol. The number of amides is 1. The molecule has 0 aromatic heterocycles. The van der Waals surface area contributed by atoms with E-state index in [2.05, 4.69) is 13.8 Å². The summed E-state index contributed by atoms with van der Waals surface area (Å²) in [5.41, 5.74) is 6.99. The molecule has 0 bridgehead atoms. The lowest BCUT2D eigenvalue weighted by molar-refractivity contribution is 0.0511. The van der Waals surface area contributed by atoms with Gasteiger partial charge < -0.3 is 15.4 Å². The fraction of sp³-hybridized carbons (Fsp3) is 0.533. The van der Waals surface area contributed by atoms with Gasteiger partial charge in [-0.3, -0.25) is 4.79 Å². The lowest BCUT2D eigenvalue weighted by Crippen LogP contribution is -2.47. The van der Waals surface area contributed by atoms with Crippen LogP contribution in [0.4, 0.5) is 5.69 Å². The number of carbonyl (C=O) groups excluding carboxylic acids is 1. The van der Waals surface area contributed by atoms with Crippen molar-refractivity contribution < 1.29 is 9.53 Å². The quantitative estimate of drug-likeness (QED) is 0.834. The molecule has 1 aromatic rings. The minimum absolute atomic E-state index is 0.0103. The molecule has 1 aliphatic rings. The van der Waals surface area contributed by atoms with Gasteiger partial charge in [0.1, 0.15) is 5.75 Å². The Morgan fingerprint density at radius 2 is 1.95 bits per heavy atom. The lowest BCUT2D eigenvalue weighted by atomic mass is 9.96. The van der Waals surface area contributed by atoms with Crippen molar-refractivity contribution in [1.29, 1.82) is 0 Å². The van der Waals surface area contributed by atoms with Gasteiger partial charge in [0.2, 0.25) is 0 Å². The van der Waals surface area contributed by atoms with Crippen LogP contribution in [0.2, 0.25) is 0 Å². The highest BCUT2D eigenvalue weighted by atomic mass is 16.5. The average Bonchev–Trinajstić information content (AvgIpc) is 2.39. The van der Waals surface area contributed by atoms with Gasteiger partial charge in [-0.2, -0.15) is 0 Å². The van der Waals surface area contributed by atoms with Crippen molar-refractivity contribution in [2.24, 2.45) is 0 Å². The molecular formula is C15H22N2O2. The maximum absolute atomic E-state index is 12.7. The summed E-state index contributed by atoms with van der Waals surface area (Å²) in [6.45, 7) is 4.20. The number of nitrogen functional groups attached to an aromatic ring is 1. The normalized spacial score (nSPS) is 23.2. The number of piperidine rings is 1. The van der Waals surface area contributed by atoms with E-state index in [0.29, 0.717) is 17.0 Å². The SMILES string of the molecule is COc1ccc(N)c(C(=O)N2C(C)CCCC2C)c1. The summed E-state index contributed by atoms with van der Waals surface area (Å²) in [6, 6.07) is 5.76. The Morgan fingerprint density at radius 3 is 2.53 bits per heavy atom. The van der Waals surface area contributed by atoms with Crippen LogP contribution in [0.5, 0.6) is 5.75 Å². The van der Waals surface area contributed by atoms with Crippen LogP contribution < -0.4 is 10.5 Å². The van der Waals surface area contributed by atoms with Gasteiger partial charge >= 0.3 is 0 Å². The molecule has 1 amide bonds. The van der Waals surface area contributed by atoms with E-state index >= 15 is 0 Å². The second-order valence-corrected chi connectivity index (χ2v) is 5.29. The first-order valence-electron chi connectivity index (χ1n) is 6.80. The van der Waals surface area contributed by atoms with Crippen LogP contribution in [0, 0.1) is 0 Å². The Kier molecular flexibility index (Phi) is 3.98. The molecule has 19 heavy (non-hydrogen) atoms. The monoisotopic (exact) mass is 262 g/mol. The molecule has 1 aromatic carbocycles. The molecule has 2 N–H and O–H groups in total. The third-order valence-corrected chi connectivity index (χ3v) is 3.92. The fourth-order valence-electron chi connectivity index (χ4n) is 2.81. The molecule has 1 aliphatic heterocycles. The molecule has 1 saturated heterocycles. The van der Waals surface area contributed by atoms with Gasteiger partial charge in [0, 0.05) is 17.8 Å². The first kappa shape index (κ1) is 13.7. The lowest BCUT2D eigenvalue weighted by Gasteiger charge is -2.39. The number of nitrogens with two attached hydrogens (primary N) is 1. The van der Waals surface area contributed by atoms with Crippen molar-refractivity contribution in [3.63, 3.8) is 0 Å². The molecule has 2 atom stereocenters. The van der Waals surface area contributed by atoms with Crippen LogP contribution >= 0.6 is 0 Å². The van der Waals surface area contributed by atoms with Gasteiger partial charge in [0.25, 0.3) is 5.91 Å². The number of methoxy groups -OCH3 is 1. The number of anilines is 1. The summed E-state index contributed by atoms with van der Waals surface area (Å²) in [5.74, 6) is 0.672. The predicted molar refractivity (Wildman–Crippen MR) is 76.4 cm³/mol. The van der Waals surface area contributed by atoms with Gasteiger partial charge in [0.15, 0.2) is 0 Å². The van der Waals surface area contributed by atoms with Gasteiger partial charge in [0.05, 0.1) is 12.7 Å². The third-order valence-electron chi connectivity index (χ3n) is 3.92. The number of ether oxygens (including phenoxy) is 1. The molecule has 1 fully saturated rings. The highest BCUT2D eigenvalue weighted by Crippen LogP contribution is 2.28. The number of rotatable bonds is 2. The second-order valence-electron chi connectivity index (χ2n) is 5.29. The van der Waals surface area contributed by atoms with Crippen molar-refractivity contribution in [1.82, 2.24) is 4.90 Å². The summed E-state index contributed by atoms with van der Waals surface area (Å²) < 4.78 is 5.17. The maximum atomic E-state index is 12.7. The Hall–Kier alpha value is -1.71. The first-order chi connectivity index (χ1) is 9.04. The van der Waals surface area contributed by atoms with Crippen LogP contribution in [0.1, 0.15) is 43.5 Å². The molecule has 104 valence electrons. The minimum Gasteiger partial charge on any atom is -0.497 e. The van der Waals surface area contributed by atoms with E-state index < -0.39 is 0 Å². The topological polar surface area (TPSA) is 55.6 Å². The van der Waals surface area contributed by atoms with Crippen molar-refractivity contribution in [3.05, 3.63) is 23.8 Å². The molecule has 0 saturated carbocycles. The summed E-state index contributed by atoms with van der Waals surface area (Å²) >= 11 is 0. The minimum atomic E-state index is 0.0103. The van der Waals surface area contributed by atoms with Crippen LogP contribution in [-0.4, -0.2) is 30.0 Å². The molecule has 4 heteroatoms. The first-order valence-corrected chi connectivity index (χ1v) is 6.80. The summed E-state index contributed by atoms with van der Waals surface area (Å²) in [4.78, 5) is 14.7. The van der Waals surface area contributed by atoms with Gasteiger partial charge in [-0.05, 0) is 51.3 Å². The number of nitrogens with zero attached hydrogens (tertiary/aromatic N) is 1. The second kappa shape index (κ2) is 5.51. The summed E-state index contributed by atoms with van der Waals surface area (Å²) in [7, 11) is 1.59. The van der Waals surface area contributed by atoms with E-state index in [0.717, 1.165) is 12.8 Å². The van der Waals surface area contributed by atoms with E-state index in [9.17, 15) is 4.79 Å². The zero-order valence-electron chi connectivity index (χ0n) is 11.8. The van der Waals surface area contributed by atoms with Gasteiger partial charge in [-0.1, -0.05) is 0 Å². The predicted octanol–water partition coefficient (Wildman–Crippen LogP) is 2.68. The summed E-state index contributed by atoms with van der Waals surface area (Å²) in [6.07, 6.45) is 3.29. The van der Waals surface area contributed by atoms with Crippen molar-refractivity contribution in [2.75, 3.05) is 12.8 Å². The number of hydrogen-bond donors (Lipinski definition) is 1. The molecular weight excluding hydrogens is 240 g/mol. The Balaban J connectivity index is 2.32. The number of benzene rings is 1. The van der Waals surface area contributed by atoms with Gasteiger partial charge in [-0.25, -0.2) is 0 Å². The Morgan fingerprint density at radius 1 is 1.32 bits per heavy atom. The number of likely N-dealkylation sites (tertiary alicyclic amines) is 1. The van der Waals surface area contributed by atoms with Gasteiger partial charge in [-0.15, -0.1) is 0 Å². The van der Waals surface area contributed by atoms with Crippen molar-refractivity contribution in [2.45, 2.75) is 45.2 Å². The fourth-order valence-corrected chi connectivity index (χ4v) is 2.81. The highest BCUT2D eigenvalue weighted by molar-refractivity contribution is 6.00. The van der Waals surface area contributed by atoms with Crippen LogP contribution in [0.15, 0.2) is 18.2 Å². The van der Waals surface area contributed by atoms with E-state index in [-0.39, 0.29) is 18.0 Å². The molecule has 0 spiro atoms. The molecule has 0 radical (unpaired) electrons. The molecule has 2 rings (SSSR count). The largest absolute Gasteiger partial charge is 0.497 e.